The molecular weight excluding hydrogens is 423 g/mol. The van der Waals surface area contributed by atoms with Crippen LogP contribution in [-0.2, 0) is 16.4 Å². The monoisotopic (exact) mass is 444 g/mol. The number of benzene rings is 2. The number of nitrogens with one attached hydrogen (secondary N) is 2. The molecule has 6 nitrogen and oxygen atoms in total. The molecule has 0 saturated carbocycles. The number of carbonyl (C=O) groups is 1. The summed E-state index contributed by atoms with van der Waals surface area (Å²) in [5, 5.41) is 2.72. The van der Waals surface area contributed by atoms with E-state index in [-0.39, 0.29) is 27.0 Å². The summed E-state index contributed by atoms with van der Waals surface area (Å²) in [4.78, 5) is 12.0. The number of halogens is 2. The predicted molar refractivity (Wildman–Crippen MR) is 111 cm³/mol. The van der Waals surface area contributed by atoms with Gasteiger partial charge in [-0.2, -0.15) is 0 Å². The molecule has 0 aromatic heterocycles. The lowest BCUT2D eigenvalue weighted by Crippen LogP contribution is -2.28. The Labute approximate surface area is 175 Å². The third-order valence-corrected chi connectivity index (χ3v) is 6.19. The molecule has 0 heterocycles. The number of methoxy groups -OCH3 is 1. The number of rotatable bonds is 9. The van der Waals surface area contributed by atoms with Gasteiger partial charge in [0, 0.05) is 13.1 Å². The van der Waals surface area contributed by atoms with E-state index in [1.54, 1.807) is 19.2 Å². The van der Waals surface area contributed by atoms with Gasteiger partial charge in [0.25, 0.3) is 5.91 Å². The third kappa shape index (κ3) is 5.85. The Morgan fingerprint density at radius 1 is 1.07 bits per heavy atom. The van der Waals surface area contributed by atoms with Crippen molar-refractivity contribution in [1.82, 2.24) is 10.0 Å². The first-order chi connectivity index (χ1) is 13.3. The second-order valence-corrected chi connectivity index (χ2v) is 8.56. The van der Waals surface area contributed by atoms with Crippen LogP contribution >= 0.6 is 23.2 Å². The minimum absolute atomic E-state index is 0.0472. The molecule has 1 amide bonds. The van der Waals surface area contributed by atoms with Crippen molar-refractivity contribution < 1.29 is 17.9 Å². The first kappa shape index (κ1) is 22.5. The lowest BCUT2D eigenvalue weighted by molar-refractivity contribution is 0.0953. The molecule has 9 heteroatoms. The zero-order chi connectivity index (χ0) is 20.7. The maximum atomic E-state index is 12.7. The Balaban J connectivity index is 2.13. The molecule has 0 spiro atoms. The highest BCUT2D eigenvalue weighted by atomic mass is 35.5. The summed E-state index contributed by atoms with van der Waals surface area (Å²) in [6.07, 6.45) is 1.23. The molecule has 0 bridgehead atoms. The fraction of sp³-hybridized carbons (Fsp3) is 0.316. The summed E-state index contributed by atoms with van der Waals surface area (Å²) in [6.45, 7) is 2.54. The average molecular weight is 445 g/mol. The summed E-state index contributed by atoms with van der Waals surface area (Å²) in [5.74, 6) is 0.282. The highest BCUT2D eigenvalue weighted by Gasteiger charge is 2.22. The largest absolute Gasteiger partial charge is 0.497 e. The van der Waals surface area contributed by atoms with E-state index in [9.17, 15) is 13.2 Å². The average Bonchev–Trinajstić information content (AvgIpc) is 2.66. The van der Waals surface area contributed by atoms with Crippen molar-refractivity contribution in [1.29, 1.82) is 0 Å². The summed E-state index contributed by atoms with van der Waals surface area (Å²) in [5.41, 5.74) is 1.01. The van der Waals surface area contributed by atoms with Crippen LogP contribution in [0.3, 0.4) is 0 Å². The molecule has 0 saturated heterocycles. The Hall–Kier alpha value is -1.80. The van der Waals surface area contributed by atoms with Gasteiger partial charge in [0.1, 0.15) is 10.6 Å². The van der Waals surface area contributed by atoms with Gasteiger partial charge in [-0.05, 0) is 42.7 Å². The highest BCUT2D eigenvalue weighted by Crippen LogP contribution is 2.28. The van der Waals surface area contributed by atoms with E-state index in [4.69, 9.17) is 27.9 Å². The lowest BCUT2D eigenvalue weighted by Gasteiger charge is -2.12. The van der Waals surface area contributed by atoms with Gasteiger partial charge in [-0.25, -0.2) is 13.1 Å². The first-order valence-corrected chi connectivity index (χ1v) is 10.9. The van der Waals surface area contributed by atoms with Crippen molar-refractivity contribution >= 4 is 39.1 Å². The number of hydrogen-bond donors (Lipinski definition) is 2. The van der Waals surface area contributed by atoms with Crippen LogP contribution in [0.5, 0.6) is 5.75 Å². The van der Waals surface area contributed by atoms with Gasteiger partial charge in [-0.3, -0.25) is 4.79 Å². The van der Waals surface area contributed by atoms with E-state index in [1.165, 1.54) is 12.1 Å². The van der Waals surface area contributed by atoms with Crippen molar-refractivity contribution in [3.8, 4) is 5.75 Å². The van der Waals surface area contributed by atoms with Crippen molar-refractivity contribution in [2.24, 2.45) is 0 Å². The molecule has 2 N–H and O–H groups in total. The number of carbonyl (C=O) groups excluding carboxylic acids is 1. The minimum Gasteiger partial charge on any atom is -0.497 e. The molecular formula is C19H22Cl2N2O4S. The van der Waals surface area contributed by atoms with Crippen LogP contribution in [0.25, 0.3) is 0 Å². The summed E-state index contributed by atoms with van der Waals surface area (Å²) >= 11 is 12.1. The molecule has 0 radical (unpaired) electrons. The highest BCUT2D eigenvalue weighted by molar-refractivity contribution is 7.89. The van der Waals surface area contributed by atoms with E-state index < -0.39 is 15.9 Å². The zero-order valence-electron chi connectivity index (χ0n) is 15.6. The third-order valence-electron chi connectivity index (χ3n) is 3.96. The Morgan fingerprint density at radius 3 is 2.36 bits per heavy atom. The second-order valence-electron chi connectivity index (χ2n) is 6.01. The molecule has 0 unspecified atom stereocenters. The summed E-state index contributed by atoms with van der Waals surface area (Å²) in [6, 6.07) is 9.80. The van der Waals surface area contributed by atoms with Crippen molar-refractivity contribution in [2.45, 2.75) is 24.7 Å². The predicted octanol–water partition coefficient (Wildman–Crippen LogP) is 3.66. The van der Waals surface area contributed by atoms with Crippen molar-refractivity contribution in [2.75, 3.05) is 20.2 Å². The van der Waals surface area contributed by atoms with Crippen LogP contribution in [0.4, 0.5) is 0 Å². The second kappa shape index (κ2) is 10.1. The van der Waals surface area contributed by atoms with Crippen LogP contribution in [0.15, 0.2) is 41.3 Å². The van der Waals surface area contributed by atoms with Gasteiger partial charge >= 0.3 is 0 Å². The Kier molecular flexibility index (Phi) is 8.12. The molecule has 2 aromatic rings. The molecule has 0 aliphatic carbocycles. The first-order valence-electron chi connectivity index (χ1n) is 8.68. The number of ether oxygens (including phenoxy) is 1. The SMILES string of the molecule is CCCNC(=O)c1cc(S(=O)(=O)NCCc2ccc(OC)cc2)c(Cl)cc1Cl. The van der Waals surface area contributed by atoms with Gasteiger partial charge in [0.05, 0.1) is 22.7 Å². The normalized spacial score (nSPS) is 11.3. The van der Waals surface area contributed by atoms with Gasteiger partial charge in [-0.1, -0.05) is 42.3 Å². The van der Waals surface area contributed by atoms with E-state index in [1.807, 2.05) is 19.1 Å². The van der Waals surface area contributed by atoms with Crippen LogP contribution in [0.1, 0.15) is 29.3 Å². The van der Waals surface area contributed by atoms with Crippen LogP contribution in [0, 0.1) is 0 Å². The number of sulfonamides is 1. The molecule has 0 aliphatic rings. The standard InChI is InChI=1S/C19H22Cl2N2O4S/c1-3-9-22-19(24)15-11-18(17(21)12-16(15)20)28(25,26)23-10-8-13-4-6-14(27-2)7-5-13/h4-7,11-12,23H,3,8-10H2,1-2H3,(H,22,24). The molecule has 28 heavy (non-hydrogen) atoms. The molecule has 0 aliphatic heterocycles. The maximum Gasteiger partial charge on any atom is 0.252 e. The molecule has 0 atom stereocenters. The Bertz CT molecular complexity index is 932. The van der Waals surface area contributed by atoms with Gasteiger partial charge in [0.15, 0.2) is 0 Å². The van der Waals surface area contributed by atoms with Crippen molar-refractivity contribution in [3.05, 3.63) is 57.6 Å². The van der Waals surface area contributed by atoms with Crippen molar-refractivity contribution in [3.63, 3.8) is 0 Å². The van der Waals surface area contributed by atoms with Gasteiger partial charge < -0.3 is 10.1 Å². The van der Waals surface area contributed by atoms with Crippen LogP contribution < -0.4 is 14.8 Å². The number of hydrogen-bond acceptors (Lipinski definition) is 4. The molecule has 2 rings (SSSR count). The fourth-order valence-electron chi connectivity index (χ4n) is 2.44. The van der Waals surface area contributed by atoms with E-state index in [0.29, 0.717) is 13.0 Å². The molecule has 2 aromatic carbocycles. The Morgan fingerprint density at radius 2 is 1.75 bits per heavy atom. The quantitative estimate of drug-likeness (QED) is 0.617. The smallest absolute Gasteiger partial charge is 0.252 e. The summed E-state index contributed by atoms with van der Waals surface area (Å²) in [7, 11) is -2.33. The summed E-state index contributed by atoms with van der Waals surface area (Å²) < 4.78 is 32.9. The minimum atomic E-state index is -3.91. The van der Waals surface area contributed by atoms with Crippen LogP contribution in [-0.4, -0.2) is 34.5 Å². The fourth-order valence-corrected chi connectivity index (χ4v) is 4.33. The zero-order valence-corrected chi connectivity index (χ0v) is 17.9. The van der Waals surface area contributed by atoms with Crippen LogP contribution in [0.2, 0.25) is 10.0 Å². The maximum absolute atomic E-state index is 12.7. The number of amides is 1. The molecule has 0 fully saturated rings. The van der Waals surface area contributed by atoms with E-state index in [0.717, 1.165) is 17.7 Å². The van der Waals surface area contributed by atoms with Gasteiger partial charge in [0.2, 0.25) is 10.0 Å². The topological polar surface area (TPSA) is 84.5 Å². The lowest BCUT2D eigenvalue weighted by atomic mass is 10.1. The molecule has 152 valence electrons. The van der Waals surface area contributed by atoms with E-state index in [2.05, 4.69) is 10.0 Å². The van der Waals surface area contributed by atoms with Gasteiger partial charge in [-0.15, -0.1) is 0 Å². The van der Waals surface area contributed by atoms with E-state index >= 15 is 0 Å².